The maximum atomic E-state index is 12.4. The first-order chi connectivity index (χ1) is 11.5. The topological polar surface area (TPSA) is 76.4 Å². The van der Waals surface area contributed by atoms with Gasteiger partial charge in [0.05, 0.1) is 13.2 Å². The fourth-order valence-corrected chi connectivity index (χ4v) is 2.92. The number of nitrogens with zero attached hydrogens (tertiary/aromatic N) is 1. The van der Waals surface area contributed by atoms with Crippen LogP contribution in [0, 0.1) is 11.3 Å². The Kier molecular flexibility index (Phi) is 5.75. The fraction of sp³-hybridized carbons (Fsp3) is 0.421. The minimum atomic E-state index is -1.18. The van der Waals surface area contributed by atoms with Crippen LogP contribution in [0.4, 0.5) is 0 Å². The number of carbonyl (C=O) groups is 2. The van der Waals surface area contributed by atoms with Gasteiger partial charge >= 0.3 is 5.97 Å². The van der Waals surface area contributed by atoms with Crippen LogP contribution in [-0.4, -0.2) is 24.5 Å². The van der Waals surface area contributed by atoms with Crippen LogP contribution in [-0.2, 0) is 19.1 Å². The quantitative estimate of drug-likeness (QED) is 0.566. The largest absolute Gasteiger partial charge is 0.474 e. The van der Waals surface area contributed by atoms with E-state index in [2.05, 4.69) is 6.07 Å². The predicted octanol–water partition coefficient (Wildman–Crippen LogP) is 3.40. The molecule has 0 aliphatic carbocycles. The van der Waals surface area contributed by atoms with Crippen molar-refractivity contribution in [3.05, 3.63) is 41.5 Å². The van der Waals surface area contributed by atoms with Gasteiger partial charge in [-0.25, -0.2) is 4.79 Å². The van der Waals surface area contributed by atoms with E-state index in [1.165, 1.54) is 14.0 Å². The van der Waals surface area contributed by atoms with Crippen molar-refractivity contribution in [1.29, 1.82) is 5.26 Å². The molecule has 0 aromatic heterocycles. The average Bonchev–Trinajstić information content (AvgIpc) is 3.00. The third-order valence-electron chi connectivity index (χ3n) is 4.17. The van der Waals surface area contributed by atoms with Gasteiger partial charge in [0, 0.05) is 24.0 Å². The first-order valence-corrected chi connectivity index (χ1v) is 7.98. The number of unbranched alkanes of at least 4 members (excludes halogenated alkanes) is 2. The van der Waals surface area contributed by atoms with Gasteiger partial charge in [-0.1, -0.05) is 30.3 Å². The van der Waals surface area contributed by atoms with E-state index in [9.17, 15) is 9.59 Å². The lowest BCUT2D eigenvalue weighted by Gasteiger charge is -2.27. The summed E-state index contributed by atoms with van der Waals surface area (Å²) in [5.74, 6) is -0.144. The van der Waals surface area contributed by atoms with Crippen LogP contribution < -0.4 is 0 Å². The molecular weight excluding hydrogens is 306 g/mol. The lowest BCUT2D eigenvalue weighted by atomic mass is 9.89. The zero-order valence-corrected chi connectivity index (χ0v) is 14.0. The number of hydrogen-bond acceptors (Lipinski definition) is 5. The molecule has 0 spiro atoms. The molecule has 0 saturated heterocycles. The summed E-state index contributed by atoms with van der Waals surface area (Å²) in [6.07, 6.45) is 2.36. The molecule has 0 saturated carbocycles. The molecule has 0 bridgehead atoms. The first kappa shape index (κ1) is 17.7. The van der Waals surface area contributed by atoms with E-state index in [1.807, 2.05) is 30.3 Å². The number of benzene rings is 1. The molecule has 1 unspecified atom stereocenters. The number of ketones is 1. The number of methoxy groups -OCH3 is 1. The van der Waals surface area contributed by atoms with Gasteiger partial charge in [-0.2, -0.15) is 5.26 Å². The summed E-state index contributed by atoms with van der Waals surface area (Å²) in [6.45, 7) is 1.48. The highest BCUT2D eigenvalue weighted by molar-refractivity contribution is 6.03. The molecule has 0 fully saturated rings. The van der Waals surface area contributed by atoms with Crippen LogP contribution in [0.5, 0.6) is 0 Å². The number of Topliss-reactive ketones (excluding diaryl/α,β-unsaturated/α-hetero) is 1. The molecule has 1 atom stereocenters. The Labute approximate surface area is 141 Å². The molecule has 1 aromatic carbocycles. The Hall–Kier alpha value is -2.61. The standard InChI is InChI=1S/C19H21NO4/c1-14(21)16-13-19(18(22)23-2,11-7-4-8-12-20)24-17(16)15-9-5-3-6-10-15/h3,5-6,9-10H,4,7-8,11,13H2,1-2H3. The van der Waals surface area contributed by atoms with E-state index in [-0.39, 0.29) is 12.2 Å². The highest BCUT2D eigenvalue weighted by atomic mass is 16.6. The minimum absolute atomic E-state index is 0.114. The first-order valence-electron chi connectivity index (χ1n) is 7.98. The molecule has 1 aromatic rings. The molecule has 0 amide bonds. The number of ether oxygens (including phenoxy) is 2. The van der Waals surface area contributed by atoms with Crippen LogP contribution in [0.25, 0.3) is 5.76 Å². The van der Waals surface area contributed by atoms with Gasteiger partial charge in [-0.3, -0.25) is 4.79 Å². The molecular formula is C19H21NO4. The van der Waals surface area contributed by atoms with Crippen LogP contribution in [0.1, 0.15) is 44.6 Å². The molecule has 1 heterocycles. The minimum Gasteiger partial charge on any atom is -0.474 e. The van der Waals surface area contributed by atoms with Crippen LogP contribution in [0.2, 0.25) is 0 Å². The Bertz CT molecular complexity index is 687. The number of nitriles is 1. The van der Waals surface area contributed by atoms with Crippen LogP contribution in [0.3, 0.4) is 0 Å². The molecule has 0 radical (unpaired) electrons. The monoisotopic (exact) mass is 327 g/mol. The maximum Gasteiger partial charge on any atom is 0.350 e. The van der Waals surface area contributed by atoms with Crippen molar-refractivity contribution < 1.29 is 19.1 Å². The lowest BCUT2D eigenvalue weighted by molar-refractivity contribution is -0.160. The Morgan fingerprint density at radius 3 is 2.58 bits per heavy atom. The van der Waals surface area contributed by atoms with Crippen molar-refractivity contribution >= 4 is 17.5 Å². The molecule has 24 heavy (non-hydrogen) atoms. The van der Waals surface area contributed by atoms with Crippen molar-refractivity contribution in [2.45, 2.75) is 44.6 Å². The lowest BCUT2D eigenvalue weighted by Crippen LogP contribution is -2.40. The molecule has 126 valence electrons. The SMILES string of the molecule is COC(=O)C1(CCCCC#N)CC(C(C)=O)=C(c2ccccc2)O1. The average molecular weight is 327 g/mol. The summed E-state index contributed by atoms with van der Waals surface area (Å²) in [6, 6.07) is 11.4. The summed E-state index contributed by atoms with van der Waals surface area (Å²) in [5.41, 5.74) is 0.0912. The fourth-order valence-electron chi connectivity index (χ4n) is 2.92. The third kappa shape index (κ3) is 3.65. The summed E-state index contributed by atoms with van der Waals surface area (Å²) in [7, 11) is 1.32. The van der Waals surface area contributed by atoms with Gasteiger partial charge in [-0.15, -0.1) is 0 Å². The molecule has 1 aliphatic rings. The molecule has 2 rings (SSSR count). The van der Waals surface area contributed by atoms with E-state index in [0.29, 0.717) is 37.0 Å². The van der Waals surface area contributed by atoms with Crippen molar-refractivity contribution in [1.82, 2.24) is 0 Å². The summed E-state index contributed by atoms with van der Waals surface area (Å²) < 4.78 is 11.0. The van der Waals surface area contributed by atoms with Gasteiger partial charge in [0.15, 0.2) is 5.78 Å². The highest BCUT2D eigenvalue weighted by Gasteiger charge is 2.49. The molecule has 0 N–H and O–H groups in total. The van der Waals surface area contributed by atoms with Crippen molar-refractivity contribution in [2.75, 3.05) is 7.11 Å². The van der Waals surface area contributed by atoms with Crippen LogP contribution in [0.15, 0.2) is 35.9 Å². The van der Waals surface area contributed by atoms with E-state index in [1.54, 1.807) is 0 Å². The Balaban J connectivity index is 2.31. The van der Waals surface area contributed by atoms with Gasteiger partial charge in [-0.05, 0) is 26.2 Å². The second-order valence-corrected chi connectivity index (χ2v) is 5.86. The van der Waals surface area contributed by atoms with Crippen molar-refractivity contribution in [3.63, 3.8) is 0 Å². The zero-order chi connectivity index (χ0) is 17.6. The summed E-state index contributed by atoms with van der Waals surface area (Å²) in [4.78, 5) is 24.5. The van der Waals surface area contributed by atoms with Crippen LogP contribution >= 0.6 is 0 Å². The number of rotatable bonds is 7. The second-order valence-electron chi connectivity index (χ2n) is 5.86. The Morgan fingerprint density at radius 1 is 1.29 bits per heavy atom. The molecule has 5 heteroatoms. The molecule has 5 nitrogen and oxygen atoms in total. The van der Waals surface area contributed by atoms with E-state index < -0.39 is 11.6 Å². The third-order valence-corrected chi connectivity index (χ3v) is 4.17. The smallest absolute Gasteiger partial charge is 0.350 e. The highest BCUT2D eigenvalue weighted by Crippen LogP contribution is 2.43. The van der Waals surface area contributed by atoms with Crippen molar-refractivity contribution in [2.24, 2.45) is 0 Å². The van der Waals surface area contributed by atoms with Gasteiger partial charge in [0.1, 0.15) is 5.76 Å². The predicted molar refractivity (Wildman–Crippen MR) is 88.6 cm³/mol. The number of esters is 1. The second kappa shape index (κ2) is 7.78. The molecule has 1 aliphatic heterocycles. The van der Waals surface area contributed by atoms with E-state index >= 15 is 0 Å². The van der Waals surface area contributed by atoms with E-state index in [4.69, 9.17) is 14.7 Å². The van der Waals surface area contributed by atoms with Gasteiger partial charge in [0.2, 0.25) is 5.60 Å². The van der Waals surface area contributed by atoms with E-state index in [0.717, 1.165) is 5.56 Å². The summed E-state index contributed by atoms with van der Waals surface area (Å²) in [5, 5.41) is 8.66. The van der Waals surface area contributed by atoms with Gasteiger partial charge < -0.3 is 9.47 Å². The Morgan fingerprint density at radius 2 is 2.00 bits per heavy atom. The zero-order valence-electron chi connectivity index (χ0n) is 14.0. The number of carbonyl (C=O) groups excluding carboxylic acids is 2. The van der Waals surface area contributed by atoms with Gasteiger partial charge in [0.25, 0.3) is 0 Å². The summed E-state index contributed by atoms with van der Waals surface area (Å²) >= 11 is 0. The normalized spacial score (nSPS) is 19.5. The number of hydrogen-bond donors (Lipinski definition) is 0. The maximum absolute atomic E-state index is 12.4. The van der Waals surface area contributed by atoms with Crippen molar-refractivity contribution in [3.8, 4) is 6.07 Å².